The lowest BCUT2D eigenvalue weighted by molar-refractivity contribution is -0.633. The fourth-order valence-electron chi connectivity index (χ4n) is 4.92. The highest BCUT2D eigenvalue weighted by atomic mass is 15.5. The molecule has 1 aliphatic heterocycles. The van der Waals surface area contributed by atoms with Crippen LogP contribution in [0.5, 0.6) is 0 Å². The molecule has 1 rings (SSSR count). The second-order valence-electron chi connectivity index (χ2n) is 9.64. The van der Waals surface area contributed by atoms with Crippen molar-refractivity contribution in [2.75, 3.05) is 6.54 Å². The van der Waals surface area contributed by atoms with Crippen LogP contribution in [-0.2, 0) is 0 Å². The minimum absolute atomic E-state index is 0.0356. The van der Waals surface area contributed by atoms with Crippen molar-refractivity contribution in [2.24, 2.45) is 10.8 Å². The van der Waals surface area contributed by atoms with Crippen LogP contribution in [0.2, 0.25) is 0 Å². The number of hydrogen-bond acceptors (Lipinski definition) is 1. The monoisotopic (exact) mass is 385 g/mol. The Labute approximate surface area is 175 Å². The van der Waals surface area contributed by atoms with Crippen molar-refractivity contribution < 1.29 is 4.58 Å². The predicted octanol–water partition coefficient (Wildman–Crippen LogP) is 6.94. The van der Waals surface area contributed by atoms with Gasteiger partial charge in [-0.15, -0.1) is 5.73 Å². The lowest BCUT2D eigenvalue weighted by atomic mass is 9.64. The van der Waals surface area contributed by atoms with Gasteiger partial charge in [0.15, 0.2) is 0 Å². The molecule has 1 aliphatic rings. The smallest absolute Gasteiger partial charge is 0.226 e. The summed E-state index contributed by atoms with van der Waals surface area (Å²) in [7, 11) is 0. The number of nitrogens with zero attached hydrogens (tertiary/aromatic N) is 2. The van der Waals surface area contributed by atoms with Crippen molar-refractivity contribution >= 4 is 5.84 Å². The molecule has 158 valence electrons. The molecular weight excluding hydrogens is 340 g/mol. The summed E-state index contributed by atoms with van der Waals surface area (Å²) in [6, 6.07) is 0.589. The summed E-state index contributed by atoms with van der Waals surface area (Å²) in [5.74, 6) is 1.44. The largest absolute Gasteiger partial charge is 0.250 e. The minimum atomic E-state index is -0.0588. The average molecular weight is 386 g/mol. The maximum absolute atomic E-state index is 4.07. The van der Waals surface area contributed by atoms with Gasteiger partial charge in [0.2, 0.25) is 6.17 Å². The Bertz CT molecular complexity index is 667. The van der Waals surface area contributed by atoms with Crippen LogP contribution in [0.3, 0.4) is 0 Å². The van der Waals surface area contributed by atoms with Gasteiger partial charge in [-0.3, -0.25) is 0 Å². The van der Waals surface area contributed by atoms with E-state index in [0.29, 0.717) is 12.2 Å². The van der Waals surface area contributed by atoms with E-state index in [1.165, 1.54) is 29.8 Å². The zero-order valence-electron chi connectivity index (χ0n) is 20.2. The lowest BCUT2D eigenvalue weighted by Crippen LogP contribution is -2.63. The molecule has 0 saturated heterocycles. The van der Waals surface area contributed by atoms with Gasteiger partial charge < -0.3 is 0 Å². The SMILES string of the molecule is C=C=C(C(C)(C)C)C(C)(CCC1N(C(C)CC)C(C)=[N+]1CCC)C(C)=CC=C. The molecule has 0 fully saturated rings. The van der Waals surface area contributed by atoms with E-state index < -0.39 is 0 Å². The molecule has 0 N–H and O–H groups in total. The Morgan fingerprint density at radius 3 is 2.32 bits per heavy atom. The Morgan fingerprint density at radius 2 is 1.89 bits per heavy atom. The molecule has 2 heteroatoms. The topological polar surface area (TPSA) is 6.25 Å². The van der Waals surface area contributed by atoms with Crippen molar-refractivity contribution in [1.29, 1.82) is 0 Å². The molecule has 0 aromatic rings. The molecule has 0 bridgehead atoms. The van der Waals surface area contributed by atoms with Gasteiger partial charge >= 0.3 is 0 Å². The third-order valence-corrected chi connectivity index (χ3v) is 6.62. The van der Waals surface area contributed by atoms with Crippen LogP contribution in [0.15, 0.2) is 42.2 Å². The second kappa shape index (κ2) is 9.79. The molecule has 0 aromatic heterocycles. The van der Waals surface area contributed by atoms with Crippen LogP contribution in [-0.4, -0.2) is 34.1 Å². The fourth-order valence-corrected chi connectivity index (χ4v) is 4.92. The number of rotatable bonds is 10. The standard InChI is InChI=1S/C26H45N2/c1-12-16-20(5)26(11,23(15-4)25(8,9)10)18-17-24-27(19-13-2)22(7)28(24)21(6)14-3/h12,16,21,24H,1,4,13-14,17-19H2,2-3,5-11H3/q+1. The molecule has 3 unspecified atom stereocenters. The van der Waals surface area contributed by atoms with Crippen LogP contribution in [0.4, 0.5) is 0 Å². The zero-order chi connectivity index (χ0) is 21.7. The van der Waals surface area contributed by atoms with Crippen molar-refractivity contribution in [3.8, 4) is 0 Å². The molecule has 0 spiro atoms. The molecule has 0 radical (unpaired) electrons. The van der Waals surface area contributed by atoms with Crippen LogP contribution in [0, 0.1) is 10.8 Å². The van der Waals surface area contributed by atoms with Gasteiger partial charge in [0, 0.05) is 18.8 Å². The quantitative estimate of drug-likeness (QED) is 0.224. The highest BCUT2D eigenvalue weighted by Crippen LogP contribution is 2.48. The van der Waals surface area contributed by atoms with Gasteiger partial charge in [0.25, 0.3) is 5.84 Å². The zero-order valence-corrected chi connectivity index (χ0v) is 20.2. The summed E-state index contributed by atoms with van der Waals surface area (Å²) in [5, 5.41) is 0. The van der Waals surface area contributed by atoms with Gasteiger partial charge in [0.05, 0.1) is 12.6 Å². The lowest BCUT2D eigenvalue weighted by Gasteiger charge is -2.44. The highest BCUT2D eigenvalue weighted by Gasteiger charge is 2.47. The first-order chi connectivity index (χ1) is 13.0. The summed E-state index contributed by atoms with van der Waals surface area (Å²) in [5.41, 5.74) is 5.95. The molecule has 0 aliphatic carbocycles. The Kier molecular flexibility index (Phi) is 8.57. The Balaban J connectivity index is 3.25. The van der Waals surface area contributed by atoms with E-state index >= 15 is 0 Å². The fraction of sp³-hybridized carbons (Fsp3) is 0.692. The van der Waals surface area contributed by atoms with E-state index in [-0.39, 0.29) is 10.8 Å². The molecule has 2 nitrogen and oxygen atoms in total. The van der Waals surface area contributed by atoms with E-state index in [1.807, 2.05) is 6.08 Å². The summed E-state index contributed by atoms with van der Waals surface area (Å²) in [6.45, 7) is 29.8. The molecule has 28 heavy (non-hydrogen) atoms. The van der Waals surface area contributed by atoms with Crippen molar-refractivity contribution in [2.45, 2.75) is 100 Å². The minimum Gasteiger partial charge on any atom is -0.226 e. The van der Waals surface area contributed by atoms with Gasteiger partial charge in [-0.05, 0) is 44.1 Å². The van der Waals surface area contributed by atoms with Crippen LogP contribution >= 0.6 is 0 Å². The Morgan fingerprint density at radius 1 is 1.29 bits per heavy atom. The van der Waals surface area contributed by atoms with Crippen molar-refractivity contribution in [3.05, 3.63) is 42.2 Å². The third-order valence-electron chi connectivity index (χ3n) is 6.62. The number of hydrogen-bond donors (Lipinski definition) is 0. The first-order valence-corrected chi connectivity index (χ1v) is 11.1. The summed E-state index contributed by atoms with van der Waals surface area (Å²) >= 11 is 0. The van der Waals surface area contributed by atoms with Crippen molar-refractivity contribution in [1.82, 2.24) is 4.90 Å². The highest BCUT2D eigenvalue weighted by molar-refractivity contribution is 5.78. The molecule has 0 amide bonds. The predicted molar refractivity (Wildman–Crippen MR) is 125 cm³/mol. The van der Waals surface area contributed by atoms with Gasteiger partial charge in [-0.25, -0.2) is 9.48 Å². The van der Waals surface area contributed by atoms with E-state index in [0.717, 1.165) is 19.4 Å². The van der Waals surface area contributed by atoms with Crippen LogP contribution in [0.25, 0.3) is 0 Å². The van der Waals surface area contributed by atoms with E-state index in [4.69, 9.17) is 0 Å². The van der Waals surface area contributed by atoms with Crippen LogP contribution in [0.1, 0.15) is 88.0 Å². The number of amidine groups is 1. The number of allylic oxidation sites excluding steroid dienone is 4. The van der Waals surface area contributed by atoms with Gasteiger partial charge in [-0.2, -0.15) is 0 Å². The normalized spacial score (nSPS) is 21.0. The Hall–Kier alpha value is -1.53. The summed E-state index contributed by atoms with van der Waals surface area (Å²) in [6.07, 6.45) is 9.17. The molecular formula is C26H45N2+. The summed E-state index contributed by atoms with van der Waals surface area (Å²) < 4.78 is 2.60. The van der Waals surface area contributed by atoms with E-state index in [9.17, 15) is 0 Å². The molecule has 0 aromatic carbocycles. The molecule has 3 atom stereocenters. The third kappa shape index (κ3) is 4.90. The maximum Gasteiger partial charge on any atom is 0.250 e. The maximum atomic E-state index is 4.07. The first-order valence-electron chi connectivity index (χ1n) is 11.1. The van der Waals surface area contributed by atoms with E-state index in [2.05, 4.69) is 96.8 Å². The molecule has 1 heterocycles. The second-order valence-corrected chi connectivity index (χ2v) is 9.64. The summed E-state index contributed by atoms with van der Waals surface area (Å²) in [4.78, 5) is 2.64. The van der Waals surface area contributed by atoms with E-state index in [1.54, 1.807) is 0 Å². The van der Waals surface area contributed by atoms with Gasteiger partial charge in [-0.1, -0.05) is 72.4 Å². The molecule has 0 saturated carbocycles. The van der Waals surface area contributed by atoms with Crippen molar-refractivity contribution in [3.63, 3.8) is 0 Å². The van der Waals surface area contributed by atoms with Gasteiger partial charge in [0.1, 0.15) is 0 Å². The average Bonchev–Trinajstić information content (AvgIpc) is 2.61. The van der Waals surface area contributed by atoms with Crippen LogP contribution < -0.4 is 0 Å². The first kappa shape index (κ1) is 24.5.